The fourth-order valence-electron chi connectivity index (χ4n) is 1.53. The quantitative estimate of drug-likeness (QED) is 0.639. The third-order valence-corrected chi connectivity index (χ3v) is 2.64. The van der Waals surface area contributed by atoms with Gasteiger partial charge in [0.1, 0.15) is 0 Å². The lowest BCUT2D eigenvalue weighted by Crippen LogP contribution is -2.19. The summed E-state index contributed by atoms with van der Waals surface area (Å²) >= 11 is 0. The predicted octanol–water partition coefficient (Wildman–Crippen LogP) is 2.37. The third kappa shape index (κ3) is 6.46. The summed E-state index contributed by atoms with van der Waals surface area (Å²) in [6.07, 6.45) is 5.69. The average Bonchev–Trinajstić information content (AvgIpc) is 2.86. The average molecular weight is 241 g/mol. The van der Waals surface area contributed by atoms with Gasteiger partial charge in [-0.3, -0.25) is 0 Å². The number of unbranched alkanes of at least 4 members (excludes halogenated alkanes) is 1. The topological polar surface area (TPSA) is 43.6 Å². The zero-order chi connectivity index (χ0) is 12.3. The molecule has 17 heavy (non-hydrogen) atoms. The Morgan fingerprint density at radius 1 is 1.29 bits per heavy atom. The number of methoxy groups -OCH3 is 1. The van der Waals surface area contributed by atoms with Crippen LogP contribution in [-0.4, -0.2) is 33.5 Å². The summed E-state index contributed by atoms with van der Waals surface area (Å²) in [5, 5.41) is 3.45. The van der Waals surface area contributed by atoms with E-state index in [1.807, 2.05) is 6.07 Å². The van der Waals surface area contributed by atoms with Crippen molar-refractivity contribution in [3.8, 4) is 0 Å². The van der Waals surface area contributed by atoms with Crippen molar-refractivity contribution >= 4 is 0 Å². The number of ether oxygens (including phenoxy) is 2. The molecule has 1 heterocycles. The molecule has 4 nitrogen and oxygen atoms in total. The van der Waals surface area contributed by atoms with Gasteiger partial charge >= 0.3 is 0 Å². The summed E-state index contributed by atoms with van der Waals surface area (Å²) < 4.78 is 15.3. The van der Waals surface area contributed by atoms with Crippen LogP contribution in [0.15, 0.2) is 23.0 Å². The molecule has 1 aromatic heterocycles. The van der Waals surface area contributed by atoms with Crippen molar-refractivity contribution in [2.45, 2.75) is 25.8 Å². The van der Waals surface area contributed by atoms with E-state index in [0.29, 0.717) is 19.3 Å². The Morgan fingerprint density at radius 2 is 2.18 bits per heavy atom. The number of hydrogen-bond acceptors (Lipinski definition) is 4. The summed E-state index contributed by atoms with van der Waals surface area (Å²) in [4.78, 5) is 0. The first-order valence-corrected chi connectivity index (χ1v) is 6.16. The Balaban J connectivity index is 1.90. The monoisotopic (exact) mass is 241 g/mol. The molecule has 0 bridgehead atoms. The number of hydrogen-bond donors (Lipinski definition) is 1. The largest absolute Gasteiger partial charge is 0.472 e. The number of nitrogens with one attached hydrogen (secondary N) is 1. The molecule has 0 spiro atoms. The van der Waals surface area contributed by atoms with Crippen LogP contribution in [0.4, 0.5) is 0 Å². The highest BCUT2D eigenvalue weighted by atomic mass is 16.5. The Hall–Kier alpha value is -0.840. The zero-order valence-electron chi connectivity index (χ0n) is 10.8. The van der Waals surface area contributed by atoms with E-state index in [4.69, 9.17) is 13.9 Å². The molecule has 0 saturated carbocycles. The molecule has 1 atom stereocenters. The number of rotatable bonds is 10. The van der Waals surface area contributed by atoms with Crippen molar-refractivity contribution in [2.75, 3.05) is 33.5 Å². The Bertz CT molecular complexity index is 262. The molecule has 1 unspecified atom stereocenters. The molecule has 0 saturated heterocycles. The maximum atomic E-state index is 5.39. The van der Waals surface area contributed by atoms with E-state index >= 15 is 0 Å². The SMILES string of the molecule is COCCOCCCCNC(C)c1ccoc1. The first-order chi connectivity index (χ1) is 8.34. The first kappa shape index (κ1) is 14.2. The minimum atomic E-state index is 0.350. The lowest BCUT2D eigenvalue weighted by Gasteiger charge is -2.11. The van der Waals surface area contributed by atoms with Crippen LogP contribution < -0.4 is 5.32 Å². The summed E-state index contributed by atoms with van der Waals surface area (Å²) in [6.45, 7) is 5.32. The summed E-state index contributed by atoms with van der Waals surface area (Å²) in [7, 11) is 1.69. The van der Waals surface area contributed by atoms with Crippen molar-refractivity contribution in [3.63, 3.8) is 0 Å². The molecular formula is C13H23NO3. The van der Waals surface area contributed by atoms with Gasteiger partial charge in [0.05, 0.1) is 25.7 Å². The second-order valence-electron chi connectivity index (χ2n) is 4.04. The molecule has 1 rings (SSSR count). The lowest BCUT2D eigenvalue weighted by molar-refractivity contribution is 0.0687. The van der Waals surface area contributed by atoms with Gasteiger partial charge in [-0.05, 0) is 32.4 Å². The van der Waals surface area contributed by atoms with E-state index in [2.05, 4.69) is 12.2 Å². The highest BCUT2D eigenvalue weighted by molar-refractivity contribution is 5.09. The predicted molar refractivity (Wildman–Crippen MR) is 67.1 cm³/mol. The molecule has 0 amide bonds. The molecule has 0 aliphatic carbocycles. The van der Waals surface area contributed by atoms with Crippen LogP contribution in [0.2, 0.25) is 0 Å². The lowest BCUT2D eigenvalue weighted by atomic mass is 10.2. The standard InChI is InChI=1S/C13H23NO3/c1-12(13-5-8-17-11-13)14-6-3-4-7-16-10-9-15-2/h5,8,11-12,14H,3-4,6-7,9-10H2,1-2H3. The van der Waals surface area contributed by atoms with E-state index < -0.39 is 0 Å². The van der Waals surface area contributed by atoms with Crippen molar-refractivity contribution < 1.29 is 13.9 Å². The van der Waals surface area contributed by atoms with Gasteiger partial charge in [0.15, 0.2) is 0 Å². The molecule has 0 radical (unpaired) electrons. The fraction of sp³-hybridized carbons (Fsp3) is 0.692. The van der Waals surface area contributed by atoms with Gasteiger partial charge in [0.25, 0.3) is 0 Å². The molecule has 98 valence electrons. The normalized spacial score (nSPS) is 12.8. The van der Waals surface area contributed by atoms with Crippen LogP contribution in [0.1, 0.15) is 31.4 Å². The van der Waals surface area contributed by atoms with Crippen LogP contribution in [0, 0.1) is 0 Å². The smallest absolute Gasteiger partial charge is 0.0950 e. The fourth-order valence-corrected chi connectivity index (χ4v) is 1.53. The van der Waals surface area contributed by atoms with Crippen molar-refractivity contribution in [2.24, 2.45) is 0 Å². The van der Waals surface area contributed by atoms with Gasteiger partial charge < -0.3 is 19.2 Å². The van der Waals surface area contributed by atoms with Crippen LogP contribution in [0.3, 0.4) is 0 Å². The van der Waals surface area contributed by atoms with Gasteiger partial charge in [-0.25, -0.2) is 0 Å². The van der Waals surface area contributed by atoms with E-state index in [9.17, 15) is 0 Å². The van der Waals surface area contributed by atoms with Crippen molar-refractivity contribution in [3.05, 3.63) is 24.2 Å². The minimum Gasteiger partial charge on any atom is -0.472 e. The van der Waals surface area contributed by atoms with Crippen LogP contribution in [0.25, 0.3) is 0 Å². The van der Waals surface area contributed by atoms with Gasteiger partial charge in [-0.15, -0.1) is 0 Å². The third-order valence-electron chi connectivity index (χ3n) is 2.64. The second-order valence-corrected chi connectivity index (χ2v) is 4.04. The van der Waals surface area contributed by atoms with E-state index in [-0.39, 0.29) is 0 Å². The van der Waals surface area contributed by atoms with Crippen LogP contribution in [-0.2, 0) is 9.47 Å². The first-order valence-electron chi connectivity index (χ1n) is 6.16. The van der Waals surface area contributed by atoms with E-state index in [1.54, 1.807) is 19.6 Å². The molecular weight excluding hydrogens is 218 g/mol. The van der Waals surface area contributed by atoms with E-state index in [0.717, 1.165) is 26.0 Å². The van der Waals surface area contributed by atoms with Gasteiger partial charge in [-0.1, -0.05) is 0 Å². The van der Waals surface area contributed by atoms with Crippen LogP contribution >= 0.6 is 0 Å². The molecule has 0 aliphatic rings. The molecule has 4 heteroatoms. The van der Waals surface area contributed by atoms with Gasteiger partial charge in [0.2, 0.25) is 0 Å². The second kappa shape index (κ2) is 9.22. The van der Waals surface area contributed by atoms with Crippen molar-refractivity contribution in [1.29, 1.82) is 0 Å². The zero-order valence-corrected chi connectivity index (χ0v) is 10.8. The number of furan rings is 1. The minimum absolute atomic E-state index is 0.350. The maximum absolute atomic E-state index is 5.39. The van der Waals surface area contributed by atoms with Crippen molar-refractivity contribution in [1.82, 2.24) is 5.32 Å². The Kier molecular flexibility index (Phi) is 7.71. The highest BCUT2D eigenvalue weighted by Crippen LogP contribution is 2.11. The molecule has 1 aromatic rings. The highest BCUT2D eigenvalue weighted by Gasteiger charge is 2.04. The summed E-state index contributed by atoms with van der Waals surface area (Å²) in [5.74, 6) is 0. The van der Waals surface area contributed by atoms with Gasteiger partial charge in [0, 0.05) is 25.3 Å². The molecule has 0 aromatic carbocycles. The van der Waals surface area contributed by atoms with E-state index in [1.165, 1.54) is 5.56 Å². The molecule has 0 aliphatic heterocycles. The summed E-state index contributed by atoms with van der Waals surface area (Å²) in [5.41, 5.74) is 1.20. The molecule has 1 N–H and O–H groups in total. The Labute approximate surface area is 103 Å². The molecule has 0 fully saturated rings. The maximum Gasteiger partial charge on any atom is 0.0950 e. The van der Waals surface area contributed by atoms with Crippen LogP contribution in [0.5, 0.6) is 0 Å². The Morgan fingerprint density at radius 3 is 2.88 bits per heavy atom. The summed E-state index contributed by atoms with van der Waals surface area (Å²) in [6, 6.07) is 2.34. The van der Waals surface area contributed by atoms with Gasteiger partial charge in [-0.2, -0.15) is 0 Å².